The number of carbonyl (C=O) groups excluding carboxylic acids is 2. The molecule has 0 aromatic heterocycles. The van der Waals surface area contributed by atoms with Crippen molar-refractivity contribution in [1.82, 2.24) is 10.6 Å². The van der Waals surface area contributed by atoms with E-state index in [9.17, 15) is 9.59 Å². The van der Waals surface area contributed by atoms with Gasteiger partial charge in [-0.2, -0.15) is 0 Å². The largest absolute Gasteiger partial charge is 0.348 e. The summed E-state index contributed by atoms with van der Waals surface area (Å²) in [6.45, 7) is 2.56. The molecule has 0 aliphatic heterocycles. The van der Waals surface area contributed by atoms with Gasteiger partial charge >= 0.3 is 0 Å². The minimum absolute atomic E-state index is 0.0200. The molecular formula is C16H23BrN3O2+. The summed E-state index contributed by atoms with van der Waals surface area (Å²) >= 11 is 3.49. The van der Waals surface area contributed by atoms with Crippen LogP contribution in [-0.4, -0.2) is 38.0 Å². The molecule has 1 unspecified atom stereocenters. The molecule has 2 atom stereocenters. The van der Waals surface area contributed by atoms with Crippen molar-refractivity contribution in [2.75, 3.05) is 20.1 Å². The van der Waals surface area contributed by atoms with E-state index in [1.54, 1.807) is 0 Å². The fraction of sp³-hybridized carbons (Fsp3) is 0.500. The lowest BCUT2D eigenvalue weighted by atomic mass is 10.1. The fourth-order valence-electron chi connectivity index (χ4n) is 2.31. The molecule has 0 spiro atoms. The van der Waals surface area contributed by atoms with Crippen LogP contribution >= 0.6 is 15.9 Å². The van der Waals surface area contributed by atoms with Gasteiger partial charge in [0.25, 0.3) is 11.8 Å². The Balaban J connectivity index is 1.76. The average Bonchev–Trinajstić information content (AvgIpc) is 3.22. The van der Waals surface area contributed by atoms with Crippen molar-refractivity contribution in [3.05, 3.63) is 34.3 Å². The molecule has 0 saturated heterocycles. The molecule has 6 heteroatoms. The number of nitrogens with one attached hydrogen (secondary N) is 3. The zero-order chi connectivity index (χ0) is 16.1. The SMILES string of the molecule is C[C@H](NC(=O)C[NH+](C)CC(=O)NC1CC1)c1ccccc1Br. The summed E-state index contributed by atoms with van der Waals surface area (Å²) in [5, 5.41) is 5.91. The molecule has 2 amide bonds. The lowest BCUT2D eigenvalue weighted by Gasteiger charge is -2.18. The van der Waals surface area contributed by atoms with Gasteiger partial charge in [0.05, 0.1) is 13.1 Å². The van der Waals surface area contributed by atoms with Crippen molar-refractivity contribution in [1.29, 1.82) is 0 Å². The smallest absolute Gasteiger partial charge is 0.275 e. The Kier molecular flexibility index (Phi) is 5.97. The van der Waals surface area contributed by atoms with E-state index in [1.807, 2.05) is 38.2 Å². The molecule has 120 valence electrons. The van der Waals surface area contributed by atoms with E-state index in [4.69, 9.17) is 0 Å². The normalized spacial score (nSPS) is 16.7. The predicted octanol–water partition coefficient (Wildman–Crippen LogP) is 0.420. The van der Waals surface area contributed by atoms with E-state index in [0.29, 0.717) is 12.6 Å². The van der Waals surface area contributed by atoms with E-state index in [-0.39, 0.29) is 24.4 Å². The maximum atomic E-state index is 12.1. The van der Waals surface area contributed by atoms with Crippen LogP contribution in [0.3, 0.4) is 0 Å². The van der Waals surface area contributed by atoms with Crippen LogP contribution in [0, 0.1) is 0 Å². The van der Waals surface area contributed by atoms with E-state index < -0.39 is 0 Å². The second kappa shape index (κ2) is 7.74. The third kappa shape index (κ3) is 5.42. The van der Waals surface area contributed by atoms with Crippen LogP contribution in [0.5, 0.6) is 0 Å². The number of rotatable bonds is 7. The van der Waals surface area contributed by atoms with Crippen LogP contribution in [0.2, 0.25) is 0 Å². The molecule has 1 aliphatic carbocycles. The average molecular weight is 369 g/mol. The van der Waals surface area contributed by atoms with Crippen molar-refractivity contribution in [3.63, 3.8) is 0 Å². The van der Waals surface area contributed by atoms with Gasteiger partial charge in [0.1, 0.15) is 0 Å². The number of hydrogen-bond donors (Lipinski definition) is 3. The highest BCUT2D eigenvalue weighted by atomic mass is 79.9. The van der Waals surface area contributed by atoms with E-state index >= 15 is 0 Å². The Morgan fingerprint density at radius 1 is 1.27 bits per heavy atom. The molecule has 1 aromatic rings. The van der Waals surface area contributed by atoms with Crippen LogP contribution in [-0.2, 0) is 9.59 Å². The third-order valence-corrected chi connectivity index (χ3v) is 4.34. The summed E-state index contributed by atoms with van der Waals surface area (Å²) in [7, 11) is 1.86. The molecule has 1 fully saturated rings. The lowest BCUT2D eigenvalue weighted by Crippen LogP contribution is -3.11. The molecule has 22 heavy (non-hydrogen) atoms. The van der Waals surface area contributed by atoms with Gasteiger partial charge in [0.2, 0.25) is 0 Å². The topological polar surface area (TPSA) is 62.6 Å². The molecule has 2 rings (SSSR count). The van der Waals surface area contributed by atoms with Gasteiger partial charge in [-0.3, -0.25) is 9.59 Å². The Morgan fingerprint density at radius 3 is 2.55 bits per heavy atom. The number of carbonyl (C=O) groups is 2. The first-order chi connectivity index (χ1) is 10.5. The van der Waals surface area contributed by atoms with E-state index in [0.717, 1.165) is 27.8 Å². The van der Waals surface area contributed by atoms with Crippen molar-refractivity contribution in [2.24, 2.45) is 0 Å². The van der Waals surface area contributed by atoms with E-state index in [1.165, 1.54) is 0 Å². The summed E-state index contributed by atoms with van der Waals surface area (Å²) in [6.07, 6.45) is 2.16. The second-order valence-electron chi connectivity index (χ2n) is 5.96. The zero-order valence-corrected chi connectivity index (χ0v) is 14.6. The number of hydrogen-bond acceptors (Lipinski definition) is 2. The Hall–Kier alpha value is -1.40. The first-order valence-corrected chi connectivity index (χ1v) is 8.39. The number of benzene rings is 1. The predicted molar refractivity (Wildman–Crippen MR) is 88.5 cm³/mol. The third-order valence-electron chi connectivity index (χ3n) is 3.62. The van der Waals surface area contributed by atoms with Crippen molar-refractivity contribution in [2.45, 2.75) is 31.8 Å². The van der Waals surface area contributed by atoms with Gasteiger partial charge in [-0.25, -0.2) is 0 Å². The maximum absolute atomic E-state index is 12.1. The van der Waals surface area contributed by atoms with E-state index in [2.05, 4.69) is 26.6 Å². The van der Waals surface area contributed by atoms with Gasteiger partial charge in [-0.1, -0.05) is 34.1 Å². The Labute approximate surface area is 139 Å². The molecule has 0 bridgehead atoms. The van der Waals surface area contributed by atoms with Gasteiger partial charge in [-0.15, -0.1) is 0 Å². The molecule has 5 nitrogen and oxygen atoms in total. The van der Waals surface area contributed by atoms with Gasteiger partial charge in [0, 0.05) is 10.5 Å². The van der Waals surface area contributed by atoms with Crippen LogP contribution in [0.1, 0.15) is 31.4 Å². The number of amides is 2. The highest BCUT2D eigenvalue weighted by Crippen LogP contribution is 2.22. The number of quaternary nitrogens is 1. The molecule has 1 aromatic carbocycles. The quantitative estimate of drug-likeness (QED) is 0.653. The van der Waals surface area contributed by atoms with Crippen molar-refractivity contribution < 1.29 is 14.5 Å². The summed E-state index contributed by atoms with van der Waals surface area (Å²) in [6, 6.07) is 8.12. The first kappa shape index (κ1) is 17.0. The zero-order valence-electron chi connectivity index (χ0n) is 13.0. The molecule has 3 N–H and O–H groups in total. The first-order valence-electron chi connectivity index (χ1n) is 7.60. The standard InChI is InChI=1S/C16H22BrN3O2/c1-11(13-5-3-4-6-14(13)17)18-15(21)9-20(2)10-16(22)19-12-7-8-12/h3-6,11-12H,7-10H2,1-2H3,(H,18,21)(H,19,22)/p+1/t11-/m0/s1. The summed E-state index contributed by atoms with van der Waals surface area (Å²) in [5.41, 5.74) is 1.04. The monoisotopic (exact) mass is 368 g/mol. The van der Waals surface area contributed by atoms with Gasteiger partial charge in [-0.05, 0) is 31.4 Å². The molecular weight excluding hydrogens is 346 g/mol. The van der Waals surface area contributed by atoms with Crippen molar-refractivity contribution >= 4 is 27.7 Å². The summed E-state index contributed by atoms with van der Waals surface area (Å²) in [4.78, 5) is 24.7. The number of likely N-dealkylation sites (N-methyl/N-ethyl adjacent to an activating group) is 1. The highest BCUT2D eigenvalue weighted by Gasteiger charge is 2.25. The Morgan fingerprint density at radius 2 is 1.91 bits per heavy atom. The highest BCUT2D eigenvalue weighted by molar-refractivity contribution is 9.10. The van der Waals surface area contributed by atoms with Crippen LogP contribution in [0.4, 0.5) is 0 Å². The number of halogens is 1. The van der Waals surface area contributed by atoms with Gasteiger partial charge < -0.3 is 15.5 Å². The van der Waals surface area contributed by atoms with Gasteiger partial charge in [0.15, 0.2) is 13.1 Å². The fourth-order valence-corrected chi connectivity index (χ4v) is 2.94. The van der Waals surface area contributed by atoms with Crippen LogP contribution in [0.25, 0.3) is 0 Å². The minimum Gasteiger partial charge on any atom is -0.348 e. The van der Waals surface area contributed by atoms with Crippen LogP contribution in [0.15, 0.2) is 28.7 Å². The van der Waals surface area contributed by atoms with Crippen LogP contribution < -0.4 is 15.5 Å². The summed E-state index contributed by atoms with van der Waals surface area (Å²) < 4.78 is 0.979. The minimum atomic E-state index is -0.0730. The lowest BCUT2D eigenvalue weighted by molar-refractivity contribution is -0.862. The molecule has 1 saturated carbocycles. The molecule has 0 radical (unpaired) electrons. The van der Waals surface area contributed by atoms with Crippen molar-refractivity contribution in [3.8, 4) is 0 Å². The molecule has 1 aliphatic rings. The Bertz CT molecular complexity index is 546. The maximum Gasteiger partial charge on any atom is 0.275 e. The second-order valence-corrected chi connectivity index (χ2v) is 6.82. The summed E-state index contributed by atoms with van der Waals surface area (Å²) in [5.74, 6) is -0.0355. The molecule has 0 heterocycles.